The lowest BCUT2D eigenvalue weighted by Crippen LogP contribution is -2.34. The van der Waals surface area contributed by atoms with Gasteiger partial charge in [-0.25, -0.2) is 4.98 Å². The largest absolute Gasteiger partial charge is 0.469 e. The third-order valence-corrected chi connectivity index (χ3v) is 3.77. The molecule has 0 aromatic carbocycles. The van der Waals surface area contributed by atoms with Crippen LogP contribution in [-0.2, 0) is 9.53 Å². The maximum absolute atomic E-state index is 11.9. The van der Waals surface area contributed by atoms with E-state index in [0.717, 1.165) is 10.2 Å². The number of ether oxygens (including phenoxy) is 1. The fourth-order valence-electron chi connectivity index (χ4n) is 1.81. The Balaban J connectivity index is 3.10. The zero-order valence-electron chi connectivity index (χ0n) is 10.6. The predicted octanol–water partition coefficient (Wildman–Crippen LogP) is 3.04. The Morgan fingerprint density at radius 2 is 2.33 bits per heavy atom. The van der Waals surface area contributed by atoms with Crippen molar-refractivity contribution < 1.29 is 9.53 Å². The van der Waals surface area contributed by atoms with Gasteiger partial charge in [-0.15, -0.1) is 0 Å². The summed E-state index contributed by atoms with van der Waals surface area (Å²) in [5, 5.41) is 8.91. The Morgan fingerprint density at radius 3 is 2.78 bits per heavy atom. The number of hydrogen-bond acceptors (Lipinski definition) is 4. The summed E-state index contributed by atoms with van der Waals surface area (Å²) in [6.45, 7) is 3.65. The molecule has 1 aromatic heterocycles. The van der Waals surface area contributed by atoms with Gasteiger partial charge in [-0.3, -0.25) is 4.79 Å². The van der Waals surface area contributed by atoms with Crippen LogP contribution in [0.2, 0.25) is 0 Å². The number of esters is 1. The maximum Gasteiger partial charge on any atom is 0.313 e. The van der Waals surface area contributed by atoms with E-state index >= 15 is 0 Å². The first-order valence-electron chi connectivity index (χ1n) is 5.52. The summed E-state index contributed by atoms with van der Waals surface area (Å²) in [5.74, 6) is -0.523. The Labute approximate surface area is 115 Å². The van der Waals surface area contributed by atoms with E-state index in [9.17, 15) is 4.79 Å². The molecule has 0 aliphatic carbocycles. The van der Waals surface area contributed by atoms with Crippen molar-refractivity contribution in [2.24, 2.45) is 5.41 Å². The zero-order chi connectivity index (χ0) is 13.8. The van der Waals surface area contributed by atoms with Crippen molar-refractivity contribution in [3.63, 3.8) is 0 Å². The van der Waals surface area contributed by atoms with Gasteiger partial charge in [0.15, 0.2) is 0 Å². The minimum atomic E-state index is -0.862. The molecular formula is C13H15BrN2O2. The molecule has 5 heteroatoms. The first-order chi connectivity index (χ1) is 8.45. The van der Waals surface area contributed by atoms with Gasteiger partial charge in [0, 0.05) is 6.20 Å². The number of nitrogens with zero attached hydrogens (tertiary/aromatic N) is 2. The van der Waals surface area contributed by atoms with Crippen LogP contribution < -0.4 is 0 Å². The third kappa shape index (κ3) is 2.88. The predicted molar refractivity (Wildman–Crippen MR) is 70.7 cm³/mol. The van der Waals surface area contributed by atoms with Gasteiger partial charge in [0.25, 0.3) is 0 Å². The number of pyridine rings is 1. The molecule has 1 heterocycles. The molecule has 0 fully saturated rings. The zero-order valence-corrected chi connectivity index (χ0v) is 12.2. The van der Waals surface area contributed by atoms with Gasteiger partial charge in [0.2, 0.25) is 0 Å². The van der Waals surface area contributed by atoms with Gasteiger partial charge in [0.05, 0.1) is 25.0 Å². The Morgan fingerprint density at radius 1 is 1.67 bits per heavy atom. The molecule has 18 heavy (non-hydrogen) atoms. The number of nitriles is 1. The summed E-state index contributed by atoms with van der Waals surface area (Å²) in [6.07, 6.45) is 1.81. The topological polar surface area (TPSA) is 63.0 Å². The van der Waals surface area contributed by atoms with E-state index in [1.807, 2.05) is 19.1 Å². The fourth-order valence-corrected chi connectivity index (χ4v) is 2.05. The van der Waals surface area contributed by atoms with Gasteiger partial charge < -0.3 is 4.74 Å². The highest BCUT2D eigenvalue weighted by Crippen LogP contribution is 2.39. The molecule has 0 saturated carbocycles. The van der Waals surface area contributed by atoms with Crippen molar-refractivity contribution in [2.75, 3.05) is 7.11 Å². The highest BCUT2D eigenvalue weighted by molar-refractivity contribution is 9.10. The summed E-state index contributed by atoms with van der Waals surface area (Å²) >= 11 is 3.26. The van der Waals surface area contributed by atoms with Crippen molar-refractivity contribution in [3.8, 4) is 6.07 Å². The standard InChI is InChI=1S/C13H15BrN2O2/c1-9(10-4-5-11(14)16-8-10)13(2,6-7-15)12(17)18-3/h4-5,8-9H,6H2,1-3H3/t9-,13?/m1/s1. The molecule has 0 aliphatic rings. The summed E-state index contributed by atoms with van der Waals surface area (Å²) in [5.41, 5.74) is 0.0419. The molecule has 0 saturated heterocycles. The van der Waals surface area contributed by atoms with Gasteiger partial charge in [-0.2, -0.15) is 5.26 Å². The second-order valence-electron chi connectivity index (χ2n) is 4.38. The summed E-state index contributed by atoms with van der Waals surface area (Å²) < 4.78 is 5.55. The molecular weight excluding hydrogens is 296 g/mol. The quantitative estimate of drug-likeness (QED) is 0.633. The molecule has 0 spiro atoms. The Hall–Kier alpha value is -1.41. The third-order valence-electron chi connectivity index (χ3n) is 3.30. The number of aromatic nitrogens is 1. The van der Waals surface area contributed by atoms with E-state index in [2.05, 4.69) is 27.0 Å². The molecule has 4 nitrogen and oxygen atoms in total. The van der Waals surface area contributed by atoms with E-state index in [-0.39, 0.29) is 18.3 Å². The van der Waals surface area contributed by atoms with Crippen LogP contribution in [0.1, 0.15) is 31.7 Å². The van der Waals surface area contributed by atoms with Crippen LogP contribution in [-0.4, -0.2) is 18.1 Å². The lowest BCUT2D eigenvalue weighted by Gasteiger charge is -2.30. The van der Waals surface area contributed by atoms with Crippen LogP contribution in [0.4, 0.5) is 0 Å². The molecule has 96 valence electrons. The van der Waals surface area contributed by atoms with Gasteiger partial charge in [0.1, 0.15) is 4.60 Å². The molecule has 0 radical (unpaired) electrons. The van der Waals surface area contributed by atoms with Crippen LogP contribution in [0.5, 0.6) is 0 Å². The molecule has 1 rings (SSSR count). The molecule has 1 aromatic rings. The Kier molecular flexibility index (Phi) is 4.85. The first kappa shape index (κ1) is 14.7. The van der Waals surface area contributed by atoms with E-state index in [1.165, 1.54) is 7.11 Å². The lowest BCUT2D eigenvalue weighted by atomic mass is 9.73. The number of rotatable bonds is 4. The minimum absolute atomic E-state index is 0.108. The maximum atomic E-state index is 11.9. The first-order valence-corrected chi connectivity index (χ1v) is 6.32. The number of halogens is 1. The van der Waals surface area contributed by atoms with Crippen LogP contribution in [0.3, 0.4) is 0 Å². The van der Waals surface area contributed by atoms with Crippen LogP contribution >= 0.6 is 15.9 Å². The average Bonchev–Trinajstić information content (AvgIpc) is 2.38. The summed E-state index contributed by atoms with van der Waals surface area (Å²) in [6, 6.07) is 5.76. The molecule has 0 aliphatic heterocycles. The van der Waals surface area contributed by atoms with Crippen LogP contribution in [0, 0.1) is 16.7 Å². The SMILES string of the molecule is COC(=O)C(C)(CC#N)[C@H](C)c1ccc(Br)nc1. The number of methoxy groups -OCH3 is 1. The highest BCUT2D eigenvalue weighted by atomic mass is 79.9. The lowest BCUT2D eigenvalue weighted by molar-refractivity contribution is -0.152. The van der Waals surface area contributed by atoms with Crippen molar-refractivity contribution in [1.82, 2.24) is 4.98 Å². The number of carbonyl (C=O) groups is 1. The van der Waals surface area contributed by atoms with Crippen molar-refractivity contribution >= 4 is 21.9 Å². The van der Waals surface area contributed by atoms with Gasteiger partial charge >= 0.3 is 5.97 Å². The molecule has 0 bridgehead atoms. The van der Waals surface area contributed by atoms with Gasteiger partial charge in [-0.1, -0.05) is 13.0 Å². The molecule has 0 N–H and O–H groups in total. The van der Waals surface area contributed by atoms with Crippen molar-refractivity contribution in [3.05, 3.63) is 28.5 Å². The smallest absolute Gasteiger partial charge is 0.313 e. The number of carbonyl (C=O) groups excluding carboxylic acids is 1. The molecule has 0 amide bonds. The van der Waals surface area contributed by atoms with Crippen molar-refractivity contribution in [2.45, 2.75) is 26.2 Å². The van der Waals surface area contributed by atoms with E-state index in [1.54, 1.807) is 13.1 Å². The Bertz CT molecular complexity index is 467. The van der Waals surface area contributed by atoms with Crippen LogP contribution in [0.15, 0.2) is 22.9 Å². The number of hydrogen-bond donors (Lipinski definition) is 0. The molecule has 1 unspecified atom stereocenters. The fraction of sp³-hybridized carbons (Fsp3) is 0.462. The second kappa shape index (κ2) is 5.96. The van der Waals surface area contributed by atoms with E-state index in [0.29, 0.717) is 0 Å². The summed E-state index contributed by atoms with van der Waals surface area (Å²) in [4.78, 5) is 16.0. The van der Waals surface area contributed by atoms with Gasteiger partial charge in [-0.05, 0) is 40.4 Å². The van der Waals surface area contributed by atoms with Crippen LogP contribution in [0.25, 0.3) is 0 Å². The summed E-state index contributed by atoms with van der Waals surface area (Å²) in [7, 11) is 1.34. The van der Waals surface area contributed by atoms with E-state index < -0.39 is 5.41 Å². The minimum Gasteiger partial charge on any atom is -0.469 e. The van der Waals surface area contributed by atoms with Crippen molar-refractivity contribution in [1.29, 1.82) is 5.26 Å². The van der Waals surface area contributed by atoms with E-state index in [4.69, 9.17) is 10.00 Å². The monoisotopic (exact) mass is 310 g/mol. The normalized spacial score (nSPS) is 15.3. The highest BCUT2D eigenvalue weighted by Gasteiger charge is 2.40. The molecule has 2 atom stereocenters. The second-order valence-corrected chi connectivity index (χ2v) is 5.19. The average molecular weight is 311 g/mol.